The lowest BCUT2D eigenvalue weighted by Gasteiger charge is -2.30. The second kappa shape index (κ2) is 7.70. The highest BCUT2D eigenvalue weighted by molar-refractivity contribution is 6.15. The Morgan fingerprint density at radius 1 is 1.06 bits per heavy atom. The summed E-state index contributed by atoms with van der Waals surface area (Å²) < 4.78 is 0. The van der Waals surface area contributed by atoms with Gasteiger partial charge in [-0.25, -0.2) is 0 Å². The fourth-order valence-corrected chi connectivity index (χ4v) is 5.92. The number of imide groups is 1. The number of carbonyl (C=O) groups is 3. The van der Waals surface area contributed by atoms with Crippen LogP contribution in [-0.4, -0.2) is 40.3 Å². The highest BCUT2D eigenvalue weighted by atomic mass is 16.3. The first kappa shape index (κ1) is 21.6. The molecule has 5 rings (SSSR count). The summed E-state index contributed by atoms with van der Waals surface area (Å²) in [6.45, 7) is 6.32. The first-order valence-corrected chi connectivity index (χ1v) is 11.6. The lowest BCUT2D eigenvalue weighted by Crippen LogP contribution is -2.53. The van der Waals surface area contributed by atoms with Crippen molar-refractivity contribution in [2.24, 2.45) is 11.8 Å². The smallest absolute Gasteiger partial charge is 0.250 e. The van der Waals surface area contributed by atoms with E-state index >= 15 is 0 Å². The van der Waals surface area contributed by atoms with Gasteiger partial charge >= 0.3 is 0 Å². The molecule has 3 aliphatic heterocycles. The lowest BCUT2D eigenvalue weighted by atomic mass is 9.75. The van der Waals surface area contributed by atoms with Gasteiger partial charge in [0.05, 0.1) is 11.8 Å². The molecule has 7 nitrogen and oxygen atoms in total. The number of phenols is 1. The van der Waals surface area contributed by atoms with Crippen molar-refractivity contribution in [3.8, 4) is 5.75 Å². The maximum atomic E-state index is 13.7. The summed E-state index contributed by atoms with van der Waals surface area (Å²) in [5.74, 6) is -1.97. The normalized spacial score (nSPS) is 27.9. The van der Waals surface area contributed by atoms with E-state index in [-0.39, 0.29) is 29.5 Å². The average molecular weight is 448 g/mol. The standard InChI is InChI=1S/C26H29N3O4/c1-4-5-10-29-23(31)20-19(13-16-6-8-17(30)9-7-16)28-26(21(20)24(29)32)18-12-14(2)11-15(3)22(18)27-25(26)33/h6-9,11-12,19-21,28,30H,4-5,10,13H2,1-3H3,(H,27,33)/t19-,20+,21-,26-/m0/s1. The van der Waals surface area contributed by atoms with E-state index in [1.807, 2.05) is 45.0 Å². The largest absolute Gasteiger partial charge is 0.508 e. The Kier molecular flexibility index (Phi) is 5.05. The number of unbranched alkanes of at least 4 members (excludes halogenated alkanes) is 1. The zero-order valence-electron chi connectivity index (χ0n) is 19.1. The predicted octanol–water partition coefficient (Wildman–Crippen LogP) is 2.77. The molecule has 4 atom stereocenters. The van der Waals surface area contributed by atoms with Gasteiger partial charge in [-0.15, -0.1) is 0 Å². The Hall–Kier alpha value is -3.19. The fraction of sp³-hybridized carbons (Fsp3) is 0.423. The summed E-state index contributed by atoms with van der Waals surface area (Å²) in [4.78, 5) is 42.2. The second-order valence-corrected chi connectivity index (χ2v) is 9.57. The number of nitrogens with zero attached hydrogens (tertiary/aromatic N) is 1. The molecule has 0 bridgehead atoms. The van der Waals surface area contributed by atoms with E-state index < -0.39 is 17.4 Å². The molecule has 3 aliphatic rings. The van der Waals surface area contributed by atoms with Gasteiger partial charge in [0.2, 0.25) is 17.7 Å². The molecule has 33 heavy (non-hydrogen) atoms. The summed E-state index contributed by atoms with van der Waals surface area (Å²) in [7, 11) is 0. The second-order valence-electron chi connectivity index (χ2n) is 9.57. The number of rotatable bonds is 5. The Balaban J connectivity index is 1.63. The summed E-state index contributed by atoms with van der Waals surface area (Å²) in [5, 5.41) is 16.1. The highest BCUT2D eigenvalue weighted by Gasteiger charge is 2.70. The number of likely N-dealkylation sites (tertiary alicyclic amines) is 1. The molecule has 0 aromatic heterocycles. The Morgan fingerprint density at radius 3 is 2.48 bits per heavy atom. The van der Waals surface area contributed by atoms with E-state index in [4.69, 9.17) is 0 Å². The number of nitrogens with one attached hydrogen (secondary N) is 2. The molecule has 3 N–H and O–H groups in total. The van der Waals surface area contributed by atoms with E-state index in [2.05, 4.69) is 10.6 Å². The van der Waals surface area contributed by atoms with Crippen LogP contribution in [0.15, 0.2) is 36.4 Å². The van der Waals surface area contributed by atoms with E-state index in [9.17, 15) is 19.5 Å². The zero-order valence-corrected chi connectivity index (χ0v) is 19.1. The minimum Gasteiger partial charge on any atom is -0.508 e. The van der Waals surface area contributed by atoms with Gasteiger partial charge in [0, 0.05) is 23.8 Å². The van der Waals surface area contributed by atoms with Gasteiger partial charge in [0.25, 0.3) is 0 Å². The zero-order chi connectivity index (χ0) is 23.5. The van der Waals surface area contributed by atoms with Crippen molar-refractivity contribution in [1.82, 2.24) is 10.2 Å². The van der Waals surface area contributed by atoms with E-state index in [0.29, 0.717) is 13.0 Å². The number of carbonyl (C=O) groups excluding carboxylic acids is 3. The number of hydrogen-bond donors (Lipinski definition) is 3. The van der Waals surface area contributed by atoms with Crippen LogP contribution in [0, 0.1) is 25.7 Å². The predicted molar refractivity (Wildman–Crippen MR) is 124 cm³/mol. The average Bonchev–Trinajstić information content (AvgIpc) is 3.34. The van der Waals surface area contributed by atoms with Gasteiger partial charge < -0.3 is 10.4 Å². The molecule has 0 unspecified atom stereocenters. The van der Waals surface area contributed by atoms with Crippen LogP contribution in [0.3, 0.4) is 0 Å². The van der Waals surface area contributed by atoms with Crippen LogP contribution in [0.4, 0.5) is 5.69 Å². The molecule has 0 aliphatic carbocycles. The molecule has 3 amide bonds. The molecular formula is C26H29N3O4. The first-order chi connectivity index (χ1) is 15.8. The van der Waals surface area contributed by atoms with Crippen molar-refractivity contribution >= 4 is 23.4 Å². The van der Waals surface area contributed by atoms with Gasteiger partial charge in [0.1, 0.15) is 11.3 Å². The van der Waals surface area contributed by atoms with Gasteiger partial charge in [0.15, 0.2) is 0 Å². The maximum Gasteiger partial charge on any atom is 0.250 e. The number of fused-ring (bicyclic) bond motifs is 4. The van der Waals surface area contributed by atoms with Crippen LogP contribution in [-0.2, 0) is 26.3 Å². The Labute approximate surface area is 193 Å². The van der Waals surface area contributed by atoms with Crippen molar-refractivity contribution in [1.29, 1.82) is 0 Å². The van der Waals surface area contributed by atoms with Crippen molar-refractivity contribution < 1.29 is 19.5 Å². The molecule has 2 aromatic carbocycles. The van der Waals surface area contributed by atoms with Crippen LogP contribution in [0.25, 0.3) is 0 Å². The maximum absolute atomic E-state index is 13.7. The quantitative estimate of drug-likeness (QED) is 0.613. The Morgan fingerprint density at radius 2 is 1.79 bits per heavy atom. The lowest BCUT2D eigenvalue weighted by molar-refractivity contribution is -0.142. The summed E-state index contributed by atoms with van der Waals surface area (Å²) in [6, 6.07) is 10.4. The number of amides is 3. The fourth-order valence-electron chi connectivity index (χ4n) is 5.92. The minimum atomic E-state index is -1.27. The van der Waals surface area contributed by atoms with Gasteiger partial charge in [-0.05, 0) is 49.9 Å². The Bertz CT molecular complexity index is 1160. The number of phenolic OH excluding ortho intramolecular Hbond substituents is 1. The number of anilines is 1. The monoisotopic (exact) mass is 447 g/mol. The van der Waals surface area contributed by atoms with Gasteiger partial charge in [-0.3, -0.25) is 24.6 Å². The number of benzene rings is 2. The highest BCUT2D eigenvalue weighted by Crippen LogP contribution is 2.54. The number of hydrogen-bond acceptors (Lipinski definition) is 5. The van der Waals surface area contributed by atoms with E-state index in [1.165, 1.54) is 4.90 Å². The van der Waals surface area contributed by atoms with Crippen molar-refractivity contribution in [3.05, 3.63) is 58.7 Å². The molecule has 172 valence electrons. The molecule has 3 heterocycles. The third kappa shape index (κ3) is 3.09. The number of aromatic hydroxyl groups is 1. The van der Waals surface area contributed by atoms with Gasteiger partial charge in [-0.2, -0.15) is 0 Å². The summed E-state index contributed by atoms with van der Waals surface area (Å²) in [6.07, 6.45) is 2.08. The van der Waals surface area contributed by atoms with Crippen molar-refractivity contribution in [2.45, 2.75) is 51.6 Å². The molecule has 0 radical (unpaired) electrons. The van der Waals surface area contributed by atoms with E-state index in [1.54, 1.807) is 12.1 Å². The third-order valence-corrected chi connectivity index (χ3v) is 7.38. The summed E-state index contributed by atoms with van der Waals surface area (Å²) in [5.41, 5.74) is 3.08. The van der Waals surface area contributed by atoms with Crippen LogP contribution in [0.5, 0.6) is 5.75 Å². The molecule has 2 saturated heterocycles. The van der Waals surface area contributed by atoms with Gasteiger partial charge in [-0.1, -0.05) is 43.2 Å². The summed E-state index contributed by atoms with van der Waals surface area (Å²) >= 11 is 0. The van der Waals surface area contributed by atoms with Crippen LogP contribution < -0.4 is 10.6 Å². The van der Waals surface area contributed by atoms with Crippen molar-refractivity contribution in [2.75, 3.05) is 11.9 Å². The minimum absolute atomic E-state index is 0.167. The van der Waals surface area contributed by atoms with E-state index in [0.717, 1.165) is 40.8 Å². The van der Waals surface area contributed by atoms with Crippen molar-refractivity contribution in [3.63, 3.8) is 0 Å². The SMILES string of the molecule is CCCCN1C(=O)[C@@H]2[C@H](Cc3ccc(O)cc3)N[C@]3(C(=O)Nc4c(C)cc(C)cc43)[C@@H]2C1=O. The molecule has 0 saturated carbocycles. The molecular weight excluding hydrogens is 418 g/mol. The molecule has 2 fully saturated rings. The van der Waals surface area contributed by atoms with Crippen LogP contribution in [0.2, 0.25) is 0 Å². The molecule has 1 spiro atoms. The van der Waals surface area contributed by atoms with Crippen LogP contribution in [0.1, 0.15) is 42.0 Å². The first-order valence-electron chi connectivity index (χ1n) is 11.6. The number of aryl methyl sites for hydroxylation is 2. The molecule has 2 aromatic rings. The molecule has 7 heteroatoms. The topological polar surface area (TPSA) is 98.7 Å². The third-order valence-electron chi connectivity index (χ3n) is 7.38. The van der Waals surface area contributed by atoms with Crippen LogP contribution >= 0.6 is 0 Å².